The van der Waals surface area contributed by atoms with Crippen LogP contribution >= 0.6 is 23.2 Å². The Bertz CT molecular complexity index is 1490. The Balaban J connectivity index is 1.90. The Morgan fingerprint density at radius 2 is 1.59 bits per heavy atom. The number of rotatable bonds is 3. The highest BCUT2D eigenvalue weighted by Crippen LogP contribution is 2.52. The van der Waals surface area contributed by atoms with Gasteiger partial charge in [-0.05, 0) is 48.1 Å². The number of hydrogen-bond acceptors (Lipinski definition) is 3. The normalized spacial score (nSPS) is 20.7. The molecule has 3 aromatic rings. The van der Waals surface area contributed by atoms with Crippen molar-refractivity contribution in [1.29, 1.82) is 5.41 Å². The Morgan fingerprint density at radius 1 is 0.946 bits per heavy atom. The Labute approximate surface area is 227 Å². The number of benzene rings is 3. The van der Waals surface area contributed by atoms with E-state index in [1.807, 2.05) is 61.5 Å². The van der Waals surface area contributed by atoms with E-state index < -0.39 is 5.92 Å². The van der Waals surface area contributed by atoms with Gasteiger partial charge in [-0.25, -0.2) is 0 Å². The van der Waals surface area contributed by atoms with E-state index in [2.05, 4.69) is 13.8 Å². The molecule has 2 aliphatic rings. The summed E-state index contributed by atoms with van der Waals surface area (Å²) in [5, 5.41) is 22.3. The van der Waals surface area contributed by atoms with Crippen molar-refractivity contribution in [1.82, 2.24) is 0 Å². The van der Waals surface area contributed by atoms with Crippen LogP contribution in [0.3, 0.4) is 0 Å². The molecule has 4 nitrogen and oxygen atoms in total. The summed E-state index contributed by atoms with van der Waals surface area (Å²) in [7, 11) is 0. The van der Waals surface area contributed by atoms with Crippen molar-refractivity contribution >= 4 is 46.3 Å². The molecule has 2 N–H and O–H groups in total. The molecule has 1 aliphatic heterocycles. The standard InChI is InChI=1S/C31H28Cl2N2O2/c1-18-21(32)14-9-15-23(18)35-24-16-31(2,3)17-25(36)27(24)26(20-12-7-8-13-22(20)33)28(30(35)34)29(37)19-10-5-4-6-11-19/h4-15,26,34,37H,16-17H2,1-3H3/b29-28+,34-30?. The molecule has 1 heterocycles. The van der Waals surface area contributed by atoms with Crippen LogP contribution < -0.4 is 4.90 Å². The van der Waals surface area contributed by atoms with E-state index >= 15 is 0 Å². The molecule has 1 aliphatic carbocycles. The third-order valence-electron chi connectivity index (χ3n) is 7.22. The first-order valence-electron chi connectivity index (χ1n) is 12.2. The van der Waals surface area contributed by atoms with Crippen molar-refractivity contribution in [2.45, 2.75) is 39.5 Å². The zero-order valence-electron chi connectivity index (χ0n) is 21.0. The van der Waals surface area contributed by atoms with Gasteiger partial charge in [0.25, 0.3) is 0 Å². The van der Waals surface area contributed by atoms with Crippen LogP contribution in [0.4, 0.5) is 5.69 Å². The average molecular weight is 531 g/mol. The third kappa shape index (κ3) is 4.39. The summed E-state index contributed by atoms with van der Waals surface area (Å²) in [6, 6.07) is 22.0. The van der Waals surface area contributed by atoms with Gasteiger partial charge in [-0.1, -0.05) is 91.6 Å². The van der Waals surface area contributed by atoms with Gasteiger partial charge in [-0.3, -0.25) is 15.1 Å². The number of hydrogen-bond donors (Lipinski definition) is 2. The summed E-state index contributed by atoms with van der Waals surface area (Å²) in [4.78, 5) is 15.8. The van der Waals surface area contributed by atoms with Crippen LogP contribution in [-0.2, 0) is 4.79 Å². The second-order valence-corrected chi connectivity index (χ2v) is 11.3. The number of amidine groups is 1. The number of carbonyl (C=O) groups is 1. The minimum Gasteiger partial charge on any atom is -0.507 e. The van der Waals surface area contributed by atoms with Crippen LogP contribution in [0.2, 0.25) is 10.0 Å². The third-order valence-corrected chi connectivity index (χ3v) is 7.97. The van der Waals surface area contributed by atoms with Crippen LogP contribution in [0.15, 0.2) is 89.6 Å². The predicted octanol–water partition coefficient (Wildman–Crippen LogP) is 8.50. The van der Waals surface area contributed by atoms with Crippen molar-refractivity contribution in [2.75, 3.05) is 4.90 Å². The Hall–Kier alpha value is -3.34. The Morgan fingerprint density at radius 3 is 2.30 bits per heavy atom. The number of ketones is 1. The molecule has 0 aromatic heterocycles. The zero-order valence-corrected chi connectivity index (χ0v) is 22.5. The molecule has 0 saturated carbocycles. The second-order valence-electron chi connectivity index (χ2n) is 10.5. The molecule has 1 unspecified atom stereocenters. The maximum atomic E-state index is 14.0. The molecule has 0 fully saturated rings. The average Bonchev–Trinajstić information content (AvgIpc) is 2.85. The topological polar surface area (TPSA) is 64.4 Å². The first-order chi connectivity index (χ1) is 17.6. The fraction of sp³-hybridized carbons (Fsp3) is 0.226. The fourth-order valence-corrected chi connectivity index (χ4v) is 5.90. The summed E-state index contributed by atoms with van der Waals surface area (Å²) in [6.45, 7) is 6.04. The number of halogens is 2. The highest BCUT2D eigenvalue weighted by atomic mass is 35.5. The lowest BCUT2D eigenvalue weighted by atomic mass is 9.67. The molecular formula is C31H28Cl2N2O2. The highest BCUT2D eigenvalue weighted by molar-refractivity contribution is 6.32. The van der Waals surface area contributed by atoms with Gasteiger partial charge < -0.3 is 5.11 Å². The Kier molecular flexibility index (Phi) is 6.51. The molecule has 0 radical (unpaired) electrons. The van der Waals surface area contributed by atoms with E-state index in [0.29, 0.717) is 50.8 Å². The maximum absolute atomic E-state index is 14.0. The molecule has 0 spiro atoms. The fourth-order valence-electron chi connectivity index (χ4n) is 5.49. The van der Waals surface area contributed by atoms with E-state index in [4.69, 9.17) is 23.2 Å². The lowest BCUT2D eigenvalue weighted by Crippen LogP contribution is -2.45. The summed E-state index contributed by atoms with van der Waals surface area (Å²) in [6.07, 6.45) is 0.949. The lowest BCUT2D eigenvalue weighted by Gasteiger charge is -2.45. The molecule has 188 valence electrons. The predicted molar refractivity (Wildman–Crippen MR) is 152 cm³/mol. The van der Waals surface area contributed by atoms with Crippen LogP contribution in [0.5, 0.6) is 0 Å². The van der Waals surface area contributed by atoms with Crippen LogP contribution in [0, 0.1) is 17.7 Å². The minimum absolute atomic E-state index is 0.00767. The maximum Gasteiger partial charge on any atom is 0.162 e. The van der Waals surface area contributed by atoms with Crippen LogP contribution in [-0.4, -0.2) is 16.7 Å². The van der Waals surface area contributed by atoms with E-state index in [1.54, 1.807) is 23.1 Å². The zero-order chi connectivity index (χ0) is 26.5. The monoisotopic (exact) mass is 530 g/mol. The van der Waals surface area contributed by atoms with Crippen molar-refractivity contribution in [3.8, 4) is 0 Å². The molecule has 0 bridgehead atoms. The van der Waals surface area contributed by atoms with Gasteiger partial charge in [0.1, 0.15) is 11.6 Å². The number of carbonyl (C=O) groups excluding carboxylic acids is 1. The summed E-state index contributed by atoms with van der Waals surface area (Å²) in [5.74, 6) is -0.646. The molecule has 5 rings (SSSR count). The summed E-state index contributed by atoms with van der Waals surface area (Å²) >= 11 is 13.2. The largest absolute Gasteiger partial charge is 0.507 e. The van der Waals surface area contributed by atoms with Crippen molar-refractivity contribution in [3.63, 3.8) is 0 Å². The number of nitrogens with one attached hydrogen (secondary N) is 1. The number of Topliss-reactive ketones (excluding diaryl/α,β-unsaturated/α-hetero) is 1. The van der Waals surface area contributed by atoms with E-state index in [1.165, 1.54) is 0 Å². The molecule has 6 heteroatoms. The van der Waals surface area contributed by atoms with Crippen molar-refractivity contribution in [3.05, 3.63) is 116 Å². The first kappa shape index (κ1) is 25.3. The second kappa shape index (κ2) is 9.51. The number of aliphatic hydroxyl groups is 1. The molecule has 3 aromatic carbocycles. The molecular weight excluding hydrogens is 503 g/mol. The van der Waals surface area contributed by atoms with E-state index in [9.17, 15) is 15.3 Å². The first-order valence-corrected chi connectivity index (χ1v) is 13.0. The van der Waals surface area contributed by atoms with Gasteiger partial charge in [0.15, 0.2) is 5.78 Å². The number of anilines is 1. The van der Waals surface area contributed by atoms with Gasteiger partial charge in [-0.2, -0.15) is 0 Å². The summed E-state index contributed by atoms with van der Waals surface area (Å²) in [5.41, 5.74) is 4.13. The molecule has 37 heavy (non-hydrogen) atoms. The van der Waals surface area contributed by atoms with Gasteiger partial charge in [-0.15, -0.1) is 0 Å². The minimum atomic E-state index is -0.684. The van der Waals surface area contributed by atoms with Gasteiger partial charge in [0.05, 0.1) is 5.69 Å². The van der Waals surface area contributed by atoms with Gasteiger partial charge in [0, 0.05) is 44.8 Å². The quantitative estimate of drug-likeness (QED) is 0.333. The smallest absolute Gasteiger partial charge is 0.162 e. The number of allylic oxidation sites excluding steroid dienone is 2. The summed E-state index contributed by atoms with van der Waals surface area (Å²) < 4.78 is 0. The van der Waals surface area contributed by atoms with Gasteiger partial charge in [0.2, 0.25) is 0 Å². The molecule has 0 saturated heterocycles. The van der Waals surface area contributed by atoms with Crippen LogP contribution in [0.1, 0.15) is 49.3 Å². The number of nitrogens with zero attached hydrogens (tertiary/aromatic N) is 1. The van der Waals surface area contributed by atoms with E-state index in [-0.39, 0.29) is 22.8 Å². The van der Waals surface area contributed by atoms with E-state index in [0.717, 1.165) is 11.3 Å². The van der Waals surface area contributed by atoms with Crippen molar-refractivity contribution < 1.29 is 9.90 Å². The van der Waals surface area contributed by atoms with Crippen molar-refractivity contribution in [2.24, 2.45) is 5.41 Å². The van der Waals surface area contributed by atoms with Gasteiger partial charge >= 0.3 is 0 Å². The van der Waals surface area contributed by atoms with Crippen LogP contribution in [0.25, 0.3) is 5.76 Å². The number of aliphatic hydroxyl groups excluding tert-OH is 1. The molecule has 0 amide bonds. The SMILES string of the molecule is Cc1c(Cl)cccc1N1C(=N)/C(=C(/O)c2ccccc2)C(c2ccccc2Cl)C2=C1CC(C)(C)CC2=O. The molecule has 1 atom stereocenters. The lowest BCUT2D eigenvalue weighted by molar-refractivity contribution is -0.118. The highest BCUT2D eigenvalue weighted by Gasteiger charge is 2.47.